The highest BCUT2D eigenvalue weighted by Crippen LogP contribution is 2.61. The molecule has 1 aliphatic rings. The van der Waals surface area contributed by atoms with Crippen molar-refractivity contribution in [2.24, 2.45) is 0 Å². The zero-order chi connectivity index (χ0) is 11.2. The van der Waals surface area contributed by atoms with Gasteiger partial charge in [0.05, 0.1) is 5.51 Å². The molecule has 82 valence electrons. The van der Waals surface area contributed by atoms with Crippen molar-refractivity contribution in [2.45, 2.75) is 24.7 Å². The van der Waals surface area contributed by atoms with Gasteiger partial charge in [0.2, 0.25) is 0 Å². The highest BCUT2D eigenvalue weighted by atomic mass is 35.5. The summed E-state index contributed by atoms with van der Waals surface area (Å²) in [5, 5.41) is 0.890. The second-order valence-corrected chi connectivity index (χ2v) is 5.85. The van der Waals surface area contributed by atoms with E-state index in [1.54, 1.807) is 11.3 Å². The molecule has 3 rings (SSSR count). The van der Waals surface area contributed by atoms with E-state index in [0.717, 1.165) is 5.02 Å². The molecule has 2 atom stereocenters. The minimum absolute atomic E-state index is 0.256. The van der Waals surface area contributed by atoms with Crippen molar-refractivity contribution in [3.8, 4) is 0 Å². The summed E-state index contributed by atoms with van der Waals surface area (Å²) in [6.45, 7) is 2.30. The third kappa shape index (κ3) is 1.48. The van der Waals surface area contributed by atoms with E-state index < -0.39 is 0 Å². The Hall–Kier alpha value is -0.860. The molecule has 1 heterocycles. The maximum atomic E-state index is 6.24. The van der Waals surface area contributed by atoms with Crippen molar-refractivity contribution in [1.82, 2.24) is 4.98 Å². The molecule has 1 fully saturated rings. The van der Waals surface area contributed by atoms with Crippen LogP contribution in [0, 0.1) is 0 Å². The first-order chi connectivity index (χ1) is 7.72. The fraction of sp³-hybridized carbons (Fsp3) is 0.308. The van der Waals surface area contributed by atoms with Crippen LogP contribution in [-0.4, -0.2) is 4.98 Å². The summed E-state index contributed by atoms with van der Waals surface area (Å²) in [6.07, 6.45) is 3.17. The first kappa shape index (κ1) is 10.3. The zero-order valence-electron chi connectivity index (χ0n) is 8.98. The summed E-state index contributed by atoms with van der Waals surface area (Å²) in [5.74, 6) is 0.557. The normalized spacial score (nSPS) is 28.0. The number of hydrogen-bond donors (Lipinski definition) is 0. The molecule has 1 saturated carbocycles. The third-order valence-corrected chi connectivity index (χ3v) is 4.91. The molecule has 1 aromatic carbocycles. The van der Waals surface area contributed by atoms with Gasteiger partial charge >= 0.3 is 0 Å². The second-order valence-electron chi connectivity index (χ2n) is 4.56. The predicted molar refractivity (Wildman–Crippen MR) is 68.3 cm³/mol. The van der Waals surface area contributed by atoms with E-state index >= 15 is 0 Å². The fourth-order valence-electron chi connectivity index (χ4n) is 2.35. The van der Waals surface area contributed by atoms with Crippen molar-refractivity contribution in [2.75, 3.05) is 0 Å². The summed E-state index contributed by atoms with van der Waals surface area (Å²) in [4.78, 5) is 5.54. The van der Waals surface area contributed by atoms with Gasteiger partial charge in [0.25, 0.3) is 0 Å². The molecule has 0 spiro atoms. The molecule has 0 saturated heterocycles. The Balaban J connectivity index is 1.94. The summed E-state index contributed by atoms with van der Waals surface area (Å²) in [5.41, 5.74) is 3.44. The van der Waals surface area contributed by atoms with Gasteiger partial charge < -0.3 is 0 Å². The standard InChI is InChI=1S/C13H12ClNS/c1-13(12-7-15-8-16-12)6-10(13)9-4-2-3-5-11(9)14/h2-5,7-8,10H,6H2,1H3. The van der Waals surface area contributed by atoms with Gasteiger partial charge in [-0.1, -0.05) is 36.7 Å². The SMILES string of the molecule is CC1(c2cncs2)CC1c1ccccc1Cl. The summed E-state index contributed by atoms with van der Waals surface area (Å²) >= 11 is 7.98. The minimum Gasteiger partial charge on any atom is -0.253 e. The Morgan fingerprint density at radius 1 is 1.44 bits per heavy atom. The van der Waals surface area contributed by atoms with Crippen LogP contribution in [0.5, 0.6) is 0 Å². The average molecular weight is 250 g/mol. The van der Waals surface area contributed by atoms with E-state index in [1.807, 2.05) is 23.8 Å². The van der Waals surface area contributed by atoms with E-state index in [0.29, 0.717) is 5.92 Å². The number of halogens is 1. The second kappa shape index (κ2) is 3.57. The molecule has 2 unspecified atom stereocenters. The number of aromatic nitrogens is 1. The average Bonchev–Trinajstić information content (AvgIpc) is 2.77. The van der Waals surface area contributed by atoms with E-state index in [1.165, 1.54) is 16.9 Å². The maximum Gasteiger partial charge on any atom is 0.0794 e. The Morgan fingerprint density at radius 2 is 2.25 bits per heavy atom. The summed E-state index contributed by atoms with van der Waals surface area (Å²) < 4.78 is 0. The smallest absolute Gasteiger partial charge is 0.0794 e. The van der Waals surface area contributed by atoms with Gasteiger partial charge in [0.15, 0.2) is 0 Å². The topological polar surface area (TPSA) is 12.9 Å². The lowest BCUT2D eigenvalue weighted by Gasteiger charge is -2.09. The number of hydrogen-bond acceptors (Lipinski definition) is 2. The maximum absolute atomic E-state index is 6.24. The number of thiazole rings is 1. The van der Waals surface area contributed by atoms with E-state index in [9.17, 15) is 0 Å². The molecule has 1 aromatic heterocycles. The number of benzene rings is 1. The Morgan fingerprint density at radius 3 is 2.94 bits per heavy atom. The first-order valence-corrected chi connectivity index (χ1v) is 6.61. The Bertz CT molecular complexity index is 508. The highest BCUT2D eigenvalue weighted by Gasteiger charge is 2.53. The molecular formula is C13H12ClNS. The van der Waals surface area contributed by atoms with Crippen LogP contribution in [0.25, 0.3) is 0 Å². The minimum atomic E-state index is 0.256. The lowest BCUT2D eigenvalue weighted by atomic mass is 10.00. The molecule has 0 N–H and O–H groups in total. The van der Waals surface area contributed by atoms with E-state index in [4.69, 9.17) is 11.6 Å². The van der Waals surface area contributed by atoms with Gasteiger partial charge in [-0.3, -0.25) is 4.98 Å². The third-order valence-electron chi connectivity index (χ3n) is 3.51. The van der Waals surface area contributed by atoms with Gasteiger partial charge in [0, 0.05) is 21.5 Å². The van der Waals surface area contributed by atoms with Crippen LogP contribution in [0.2, 0.25) is 5.02 Å². The van der Waals surface area contributed by atoms with Gasteiger partial charge in [-0.2, -0.15) is 0 Å². The fourth-order valence-corrected chi connectivity index (χ4v) is 3.47. The van der Waals surface area contributed by atoms with Crippen molar-refractivity contribution < 1.29 is 0 Å². The van der Waals surface area contributed by atoms with Gasteiger partial charge in [-0.15, -0.1) is 11.3 Å². The first-order valence-electron chi connectivity index (χ1n) is 5.35. The van der Waals surface area contributed by atoms with Gasteiger partial charge in [-0.25, -0.2) is 0 Å². The molecule has 1 aliphatic carbocycles. The van der Waals surface area contributed by atoms with Gasteiger partial charge in [-0.05, 0) is 24.0 Å². The molecule has 2 aromatic rings. The largest absolute Gasteiger partial charge is 0.253 e. The summed E-state index contributed by atoms with van der Waals surface area (Å²) in [6, 6.07) is 8.16. The molecular weight excluding hydrogens is 238 g/mol. The lowest BCUT2D eigenvalue weighted by molar-refractivity contribution is 0.764. The van der Waals surface area contributed by atoms with Crippen LogP contribution in [0.1, 0.15) is 29.7 Å². The molecule has 0 radical (unpaired) electrons. The zero-order valence-corrected chi connectivity index (χ0v) is 10.6. The number of rotatable bonds is 2. The lowest BCUT2D eigenvalue weighted by Crippen LogP contribution is -2.01. The van der Waals surface area contributed by atoms with Crippen molar-refractivity contribution in [1.29, 1.82) is 0 Å². The van der Waals surface area contributed by atoms with Crippen LogP contribution in [0.4, 0.5) is 0 Å². The predicted octanol–water partition coefficient (Wildman–Crippen LogP) is 4.24. The van der Waals surface area contributed by atoms with Crippen molar-refractivity contribution >= 4 is 22.9 Å². The Kier molecular flexibility index (Phi) is 2.30. The van der Waals surface area contributed by atoms with Crippen molar-refractivity contribution in [3.05, 3.63) is 51.4 Å². The van der Waals surface area contributed by atoms with E-state index in [-0.39, 0.29) is 5.41 Å². The molecule has 0 bridgehead atoms. The molecule has 3 heteroatoms. The van der Waals surface area contributed by atoms with Crippen LogP contribution in [-0.2, 0) is 5.41 Å². The Labute approximate surface area is 104 Å². The van der Waals surface area contributed by atoms with Crippen LogP contribution in [0.15, 0.2) is 36.0 Å². The quantitative estimate of drug-likeness (QED) is 0.776. The van der Waals surface area contributed by atoms with Crippen LogP contribution < -0.4 is 0 Å². The van der Waals surface area contributed by atoms with Crippen LogP contribution >= 0.6 is 22.9 Å². The molecule has 0 aliphatic heterocycles. The molecule has 0 amide bonds. The highest BCUT2D eigenvalue weighted by molar-refractivity contribution is 7.09. The van der Waals surface area contributed by atoms with Crippen LogP contribution in [0.3, 0.4) is 0 Å². The van der Waals surface area contributed by atoms with E-state index in [2.05, 4.69) is 24.0 Å². The van der Waals surface area contributed by atoms with Crippen molar-refractivity contribution in [3.63, 3.8) is 0 Å². The molecule has 1 nitrogen and oxygen atoms in total. The van der Waals surface area contributed by atoms with Gasteiger partial charge in [0.1, 0.15) is 0 Å². The number of nitrogens with zero attached hydrogens (tertiary/aromatic N) is 1. The summed E-state index contributed by atoms with van der Waals surface area (Å²) in [7, 11) is 0. The molecule has 16 heavy (non-hydrogen) atoms. The monoisotopic (exact) mass is 249 g/mol.